The van der Waals surface area contributed by atoms with Crippen molar-refractivity contribution in [2.75, 3.05) is 0 Å². The molecule has 0 aliphatic rings. The quantitative estimate of drug-likeness (QED) is 0.708. The Hall–Kier alpha value is -2.62. The molecule has 0 saturated heterocycles. The van der Waals surface area contributed by atoms with E-state index in [1.807, 2.05) is 6.07 Å². The molecule has 3 aromatic rings. The first kappa shape index (κ1) is 10.5. The fourth-order valence-corrected chi connectivity index (χ4v) is 1.88. The fraction of sp³-hybridized carbons (Fsp3) is 0. The highest BCUT2D eigenvalue weighted by Crippen LogP contribution is 2.31. The van der Waals surface area contributed by atoms with Crippen molar-refractivity contribution in [3.8, 4) is 16.9 Å². The second-order valence-corrected chi connectivity index (χ2v) is 3.83. The van der Waals surface area contributed by atoms with E-state index in [9.17, 15) is 9.90 Å². The molecule has 1 aromatic carbocycles. The summed E-state index contributed by atoms with van der Waals surface area (Å²) in [5.74, 6) is -0.145. The van der Waals surface area contributed by atoms with Gasteiger partial charge in [-0.15, -0.1) is 0 Å². The van der Waals surface area contributed by atoms with Crippen LogP contribution in [0.5, 0.6) is 5.75 Å². The molecular weight excluding hydrogens is 230 g/mol. The molecule has 2 heterocycles. The molecule has 88 valence electrons. The van der Waals surface area contributed by atoms with Crippen LogP contribution in [-0.2, 0) is 0 Å². The van der Waals surface area contributed by atoms with Crippen LogP contribution in [-0.4, -0.2) is 10.1 Å². The lowest BCUT2D eigenvalue weighted by molar-refractivity contribution is 0.469. The normalized spacial score (nSPS) is 10.7. The number of pyridine rings is 1. The Morgan fingerprint density at radius 3 is 2.61 bits per heavy atom. The summed E-state index contributed by atoms with van der Waals surface area (Å²) in [6.07, 6.45) is 1.54. The molecule has 0 saturated carbocycles. The molecule has 1 N–H and O–H groups in total. The largest absolute Gasteiger partial charge is 0.505 e. The van der Waals surface area contributed by atoms with Crippen molar-refractivity contribution >= 4 is 11.1 Å². The van der Waals surface area contributed by atoms with Crippen LogP contribution in [0.2, 0.25) is 0 Å². The smallest absolute Gasteiger partial charge is 0.348 e. The predicted octanol–water partition coefficient (Wildman–Crippen LogP) is 2.56. The lowest BCUT2D eigenvalue weighted by Gasteiger charge is -2.05. The predicted molar refractivity (Wildman–Crippen MR) is 67.4 cm³/mol. The number of fused-ring (bicyclic) bond motifs is 1. The van der Waals surface area contributed by atoms with Crippen molar-refractivity contribution in [3.63, 3.8) is 0 Å². The highest BCUT2D eigenvalue weighted by atomic mass is 16.4. The Kier molecular flexibility index (Phi) is 2.34. The summed E-state index contributed by atoms with van der Waals surface area (Å²) in [7, 11) is 0. The number of aromatic nitrogens is 1. The Labute approximate surface area is 102 Å². The standard InChI is InChI=1S/C14H9NO3/c16-13-11(9-5-2-1-3-6-9)14(17)18-10-7-4-8-15-12(10)13/h1-8,16H. The van der Waals surface area contributed by atoms with Crippen molar-refractivity contribution in [2.45, 2.75) is 0 Å². The molecule has 0 radical (unpaired) electrons. The van der Waals surface area contributed by atoms with Gasteiger partial charge >= 0.3 is 5.63 Å². The maximum absolute atomic E-state index is 11.9. The van der Waals surface area contributed by atoms with Gasteiger partial charge in [-0.05, 0) is 17.7 Å². The molecule has 0 bridgehead atoms. The zero-order valence-electron chi connectivity index (χ0n) is 9.33. The lowest BCUT2D eigenvalue weighted by Crippen LogP contribution is -2.03. The summed E-state index contributed by atoms with van der Waals surface area (Å²) in [6.45, 7) is 0. The van der Waals surface area contributed by atoms with E-state index in [1.165, 1.54) is 6.20 Å². The Balaban J connectivity index is 2.41. The Morgan fingerprint density at radius 1 is 1.06 bits per heavy atom. The van der Waals surface area contributed by atoms with Crippen LogP contribution < -0.4 is 5.63 Å². The number of nitrogens with zero attached hydrogens (tertiary/aromatic N) is 1. The van der Waals surface area contributed by atoms with Gasteiger partial charge in [0.05, 0.1) is 0 Å². The molecular formula is C14H9NO3. The van der Waals surface area contributed by atoms with Crippen LogP contribution >= 0.6 is 0 Å². The average molecular weight is 239 g/mol. The molecule has 4 nitrogen and oxygen atoms in total. The van der Waals surface area contributed by atoms with E-state index in [1.54, 1.807) is 36.4 Å². The molecule has 0 spiro atoms. The van der Waals surface area contributed by atoms with Gasteiger partial charge in [0, 0.05) is 6.20 Å². The third-order valence-corrected chi connectivity index (χ3v) is 2.70. The van der Waals surface area contributed by atoms with Crippen molar-refractivity contribution < 1.29 is 9.52 Å². The maximum Gasteiger partial charge on any atom is 0.348 e. The highest BCUT2D eigenvalue weighted by molar-refractivity contribution is 5.86. The summed E-state index contributed by atoms with van der Waals surface area (Å²) < 4.78 is 5.15. The van der Waals surface area contributed by atoms with Gasteiger partial charge < -0.3 is 9.52 Å². The van der Waals surface area contributed by atoms with Crippen molar-refractivity contribution in [3.05, 3.63) is 59.1 Å². The first-order valence-corrected chi connectivity index (χ1v) is 5.43. The lowest BCUT2D eigenvalue weighted by atomic mass is 10.1. The molecule has 18 heavy (non-hydrogen) atoms. The van der Waals surface area contributed by atoms with Gasteiger partial charge in [0.15, 0.2) is 11.3 Å². The van der Waals surface area contributed by atoms with Gasteiger partial charge in [-0.3, -0.25) is 0 Å². The molecule has 4 heteroatoms. The molecule has 0 aliphatic heterocycles. The van der Waals surface area contributed by atoms with Crippen molar-refractivity contribution in [2.24, 2.45) is 0 Å². The van der Waals surface area contributed by atoms with Gasteiger partial charge in [-0.1, -0.05) is 30.3 Å². The van der Waals surface area contributed by atoms with Gasteiger partial charge in [0.2, 0.25) is 0 Å². The summed E-state index contributed by atoms with van der Waals surface area (Å²) in [5, 5.41) is 10.2. The van der Waals surface area contributed by atoms with Gasteiger partial charge in [0.1, 0.15) is 11.1 Å². The van der Waals surface area contributed by atoms with E-state index < -0.39 is 5.63 Å². The third kappa shape index (κ3) is 1.55. The zero-order chi connectivity index (χ0) is 12.5. The first-order valence-electron chi connectivity index (χ1n) is 5.43. The number of aromatic hydroxyl groups is 1. The van der Waals surface area contributed by atoms with E-state index in [0.717, 1.165) is 0 Å². The van der Waals surface area contributed by atoms with E-state index in [0.29, 0.717) is 5.56 Å². The van der Waals surface area contributed by atoms with E-state index in [4.69, 9.17) is 4.42 Å². The van der Waals surface area contributed by atoms with Crippen LogP contribution in [0.3, 0.4) is 0 Å². The molecule has 0 amide bonds. The SMILES string of the molecule is O=c1oc2cccnc2c(O)c1-c1ccccc1. The van der Waals surface area contributed by atoms with Gasteiger partial charge in [-0.2, -0.15) is 0 Å². The summed E-state index contributed by atoms with van der Waals surface area (Å²) in [5.41, 5.74) is 0.743. The van der Waals surface area contributed by atoms with Crippen LogP contribution in [0.4, 0.5) is 0 Å². The minimum Gasteiger partial charge on any atom is -0.505 e. The molecule has 0 atom stereocenters. The second kappa shape index (κ2) is 4.00. The number of rotatable bonds is 1. The molecule has 0 fully saturated rings. The minimum atomic E-state index is -0.570. The van der Waals surface area contributed by atoms with Crippen molar-refractivity contribution in [1.29, 1.82) is 0 Å². The van der Waals surface area contributed by atoms with Crippen molar-refractivity contribution in [1.82, 2.24) is 4.98 Å². The van der Waals surface area contributed by atoms with Gasteiger partial charge in [-0.25, -0.2) is 9.78 Å². The van der Waals surface area contributed by atoms with E-state index in [-0.39, 0.29) is 22.4 Å². The molecule has 2 aromatic heterocycles. The van der Waals surface area contributed by atoms with Crippen LogP contribution in [0, 0.1) is 0 Å². The highest BCUT2D eigenvalue weighted by Gasteiger charge is 2.15. The van der Waals surface area contributed by atoms with E-state index >= 15 is 0 Å². The Morgan fingerprint density at radius 2 is 1.83 bits per heavy atom. The molecule has 0 aliphatic carbocycles. The zero-order valence-corrected chi connectivity index (χ0v) is 9.33. The fourth-order valence-electron chi connectivity index (χ4n) is 1.88. The summed E-state index contributed by atoms with van der Waals surface area (Å²) in [6, 6.07) is 12.1. The Bertz CT molecular complexity index is 763. The summed E-state index contributed by atoms with van der Waals surface area (Å²) in [4.78, 5) is 15.9. The third-order valence-electron chi connectivity index (χ3n) is 2.70. The monoisotopic (exact) mass is 239 g/mol. The molecule has 0 unspecified atom stereocenters. The number of benzene rings is 1. The van der Waals surface area contributed by atoms with E-state index in [2.05, 4.69) is 4.98 Å². The molecule has 3 rings (SSSR count). The maximum atomic E-state index is 11.9. The topological polar surface area (TPSA) is 63.3 Å². The van der Waals surface area contributed by atoms with Crippen LogP contribution in [0.25, 0.3) is 22.2 Å². The van der Waals surface area contributed by atoms with Crippen LogP contribution in [0.1, 0.15) is 0 Å². The number of hydrogen-bond donors (Lipinski definition) is 1. The average Bonchev–Trinajstić information content (AvgIpc) is 2.40. The minimum absolute atomic E-state index is 0.141. The number of hydrogen-bond acceptors (Lipinski definition) is 4. The van der Waals surface area contributed by atoms with Crippen LogP contribution in [0.15, 0.2) is 57.9 Å². The van der Waals surface area contributed by atoms with Gasteiger partial charge in [0.25, 0.3) is 0 Å². The summed E-state index contributed by atoms with van der Waals surface area (Å²) >= 11 is 0. The first-order chi connectivity index (χ1) is 8.77. The second-order valence-electron chi connectivity index (χ2n) is 3.83.